The molecule has 2 aromatic carbocycles. The molecule has 0 aromatic heterocycles. The SMILES string of the molecule is CC(=O)c1cccc(N/C=C(\C#N)C(=O)Nc2ccccc2)c1. The molecule has 0 saturated carbocycles. The third-order valence-electron chi connectivity index (χ3n) is 3.05. The minimum absolute atomic E-state index is 0.0556. The van der Waals surface area contributed by atoms with Gasteiger partial charge in [0.2, 0.25) is 0 Å². The number of benzene rings is 2. The molecule has 23 heavy (non-hydrogen) atoms. The van der Waals surface area contributed by atoms with Crippen LogP contribution in [-0.4, -0.2) is 11.7 Å². The van der Waals surface area contributed by atoms with Gasteiger partial charge in [0.25, 0.3) is 5.91 Å². The summed E-state index contributed by atoms with van der Waals surface area (Å²) in [7, 11) is 0. The van der Waals surface area contributed by atoms with Crippen molar-refractivity contribution in [2.45, 2.75) is 6.92 Å². The van der Waals surface area contributed by atoms with Crippen LogP contribution < -0.4 is 10.6 Å². The standard InChI is InChI=1S/C18H15N3O2/c1-13(22)14-6-5-9-17(10-14)20-12-15(11-19)18(23)21-16-7-3-2-4-8-16/h2-10,12,20H,1H3,(H,21,23)/b15-12+. The van der Waals surface area contributed by atoms with Gasteiger partial charge in [0.1, 0.15) is 11.6 Å². The number of nitriles is 1. The minimum atomic E-state index is -0.506. The number of anilines is 2. The molecule has 5 heteroatoms. The summed E-state index contributed by atoms with van der Waals surface area (Å²) in [6.07, 6.45) is 1.32. The number of para-hydroxylation sites is 1. The molecule has 2 aromatic rings. The molecule has 0 aliphatic carbocycles. The van der Waals surface area contributed by atoms with Crippen molar-refractivity contribution >= 4 is 23.1 Å². The van der Waals surface area contributed by atoms with Gasteiger partial charge >= 0.3 is 0 Å². The Kier molecular flexibility index (Phi) is 5.26. The lowest BCUT2D eigenvalue weighted by Gasteiger charge is -2.05. The Hall–Kier alpha value is -3.39. The topological polar surface area (TPSA) is 82.0 Å². The molecule has 0 heterocycles. The van der Waals surface area contributed by atoms with Gasteiger partial charge in [-0.05, 0) is 31.2 Å². The van der Waals surface area contributed by atoms with Crippen LogP contribution in [0.25, 0.3) is 0 Å². The Morgan fingerprint density at radius 3 is 2.39 bits per heavy atom. The Bertz CT molecular complexity index is 789. The third kappa shape index (κ3) is 4.55. The van der Waals surface area contributed by atoms with Gasteiger partial charge in [-0.15, -0.1) is 0 Å². The van der Waals surface area contributed by atoms with E-state index in [1.54, 1.807) is 48.5 Å². The minimum Gasteiger partial charge on any atom is -0.360 e. The molecule has 0 aliphatic rings. The van der Waals surface area contributed by atoms with Gasteiger partial charge in [0, 0.05) is 23.1 Å². The molecule has 0 fully saturated rings. The number of hydrogen-bond donors (Lipinski definition) is 2. The first-order chi connectivity index (χ1) is 11.1. The molecular weight excluding hydrogens is 290 g/mol. The predicted octanol–water partition coefficient (Wildman–Crippen LogP) is 3.35. The van der Waals surface area contributed by atoms with E-state index in [0.29, 0.717) is 16.9 Å². The molecule has 2 N–H and O–H groups in total. The van der Waals surface area contributed by atoms with Crippen molar-refractivity contribution in [2.24, 2.45) is 0 Å². The normalized spacial score (nSPS) is 10.5. The summed E-state index contributed by atoms with van der Waals surface area (Å²) in [6, 6.07) is 17.5. The molecule has 5 nitrogen and oxygen atoms in total. The maximum absolute atomic E-state index is 12.0. The first kappa shape index (κ1) is 16.0. The smallest absolute Gasteiger partial charge is 0.267 e. The van der Waals surface area contributed by atoms with Crippen molar-refractivity contribution in [3.8, 4) is 6.07 Å². The van der Waals surface area contributed by atoms with Gasteiger partial charge in [-0.2, -0.15) is 5.26 Å². The molecule has 1 amide bonds. The van der Waals surface area contributed by atoms with Crippen molar-refractivity contribution in [1.29, 1.82) is 5.26 Å². The van der Waals surface area contributed by atoms with Gasteiger partial charge in [-0.3, -0.25) is 9.59 Å². The highest BCUT2D eigenvalue weighted by atomic mass is 16.1. The monoisotopic (exact) mass is 305 g/mol. The van der Waals surface area contributed by atoms with Crippen molar-refractivity contribution in [1.82, 2.24) is 0 Å². The second kappa shape index (κ2) is 7.57. The van der Waals surface area contributed by atoms with E-state index < -0.39 is 5.91 Å². The number of nitrogens with one attached hydrogen (secondary N) is 2. The number of Topliss-reactive ketones (excluding diaryl/α,β-unsaturated/α-hetero) is 1. The number of carbonyl (C=O) groups is 2. The maximum atomic E-state index is 12.0. The second-order valence-electron chi connectivity index (χ2n) is 4.77. The van der Waals surface area contributed by atoms with Gasteiger partial charge in [0.15, 0.2) is 5.78 Å². The van der Waals surface area contributed by atoms with Crippen LogP contribution in [0.5, 0.6) is 0 Å². The van der Waals surface area contributed by atoms with E-state index >= 15 is 0 Å². The lowest BCUT2D eigenvalue weighted by Crippen LogP contribution is -2.14. The molecule has 114 valence electrons. The Balaban J connectivity index is 2.10. The van der Waals surface area contributed by atoms with Crippen molar-refractivity contribution in [3.63, 3.8) is 0 Å². The number of ketones is 1. The number of hydrogen-bond acceptors (Lipinski definition) is 4. The van der Waals surface area contributed by atoms with Crippen molar-refractivity contribution in [2.75, 3.05) is 10.6 Å². The van der Waals surface area contributed by atoms with Crippen molar-refractivity contribution in [3.05, 3.63) is 71.9 Å². The van der Waals surface area contributed by atoms with Crippen LogP contribution >= 0.6 is 0 Å². The summed E-state index contributed by atoms with van der Waals surface area (Å²) in [5.74, 6) is -0.561. The van der Waals surface area contributed by atoms with Crippen LogP contribution in [0.3, 0.4) is 0 Å². The summed E-state index contributed by atoms with van der Waals surface area (Å²) in [5, 5.41) is 14.6. The number of nitrogens with zero attached hydrogens (tertiary/aromatic N) is 1. The lowest BCUT2D eigenvalue weighted by atomic mass is 10.1. The largest absolute Gasteiger partial charge is 0.360 e. The Labute approximate surface area is 134 Å². The van der Waals surface area contributed by atoms with Crippen LogP contribution in [0, 0.1) is 11.3 Å². The average molecular weight is 305 g/mol. The van der Waals surface area contributed by atoms with Crippen LogP contribution in [-0.2, 0) is 4.79 Å². The molecule has 0 aliphatic heterocycles. The zero-order chi connectivity index (χ0) is 16.7. The van der Waals surface area contributed by atoms with Crippen molar-refractivity contribution < 1.29 is 9.59 Å². The first-order valence-corrected chi connectivity index (χ1v) is 6.94. The van der Waals surface area contributed by atoms with Gasteiger partial charge in [-0.1, -0.05) is 30.3 Å². The predicted molar refractivity (Wildman–Crippen MR) is 88.8 cm³/mol. The molecule has 0 atom stereocenters. The van der Waals surface area contributed by atoms with Crippen LogP contribution in [0.15, 0.2) is 66.4 Å². The van der Waals surface area contributed by atoms with E-state index in [-0.39, 0.29) is 11.4 Å². The van der Waals surface area contributed by atoms with E-state index in [0.717, 1.165) is 0 Å². The van der Waals surface area contributed by atoms with Gasteiger partial charge in [0.05, 0.1) is 0 Å². The summed E-state index contributed by atoms with van der Waals surface area (Å²) in [5.41, 5.74) is 1.72. The van der Waals surface area contributed by atoms with E-state index in [1.807, 2.05) is 12.1 Å². The quantitative estimate of drug-likeness (QED) is 0.504. The zero-order valence-electron chi connectivity index (χ0n) is 12.5. The number of rotatable bonds is 5. The number of amides is 1. The fourth-order valence-corrected chi connectivity index (χ4v) is 1.85. The molecular formula is C18H15N3O2. The molecule has 0 saturated heterocycles. The second-order valence-corrected chi connectivity index (χ2v) is 4.77. The summed E-state index contributed by atoms with van der Waals surface area (Å²) < 4.78 is 0. The highest BCUT2D eigenvalue weighted by Gasteiger charge is 2.09. The van der Waals surface area contributed by atoms with E-state index in [4.69, 9.17) is 5.26 Å². The molecule has 0 bridgehead atoms. The molecule has 2 rings (SSSR count). The fourth-order valence-electron chi connectivity index (χ4n) is 1.85. The van der Waals surface area contributed by atoms with Gasteiger partial charge in [-0.25, -0.2) is 0 Å². The molecule has 0 spiro atoms. The highest BCUT2D eigenvalue weighted by Crippen LogP contribution is 2.12. The summed E-state index contributed by atoms with van der Waals surface area (Å²) >= 11 is 0. The first-order valence-electron chi connectivity index (χ1n) is 6.94. The third-order valence-corrected chi connectivity index (χ3v) is 3.05. The van der Waals surface area contributed by atoms with E-state index in [9.17, 15) is 9.59 Å². The summed E-state index contributed by atoms with van der Waals surface area (Å²) in [4.78, 5) is 23.4. The van der Waals surface area contributed by atoms with Gasteiger partial charge < -0.3 is 10.6 Å². The lowest BCUT2D eigenvalue weighted by molar-refractivity contribution is -0.112. The van der Waals surface area contributed by atoms with E-state index in [1.165, 1.54) is 13.1 Å². The molecule has 0 unspecified atom stereocenters. The van der Waals surface area contributed by atoms with E-state index in [2.05, 4.69) is 10.6 Å². The maximum Gasteiger partial charge on any atom is 0.267 e. The fraction of sp³-hybridized carbons (Fsp3) is 0.0556. The highest BCUT2D eigenvalue weighted by molar-refractivity contribution is 6.06. The Morgan fingerprint density at radius 1 is 1.04 bits per heavy atom. The molecule has 0 radical (unpaired) electrons. The summed E-state index contributed by atoms with van der Waals surface area (Å²) in [6.45, 7) is 1.48. The zero-order valence-corrected chi connectivity index (χ0v) is 12.5. The Morgan fingerprint density at radius 2 is 1.74 bits per heavy atom. The van der Waals surface area contributed by atoms with Crippen LogP contribution in [0.1, 0.15) is 17.3 Å². The number of carbonyl (C=O) groups excluding carboxylic acids is 2. The van der Waals surface area contributed by atoms with Crippen LogP contribution in [0.4, 0.5) is 11.4 Å². The van der Waals surface area contributed by atoms with Crippen LogP contribution in [0.2, 0.25) is 0 Å². The average Bonchev–Trinajstić information content (AvgIpc) is 2.56.